The molecule has 0 unspecified atom stereocenters. The molecule has 0 bridgehead atoms. The molecule has 0 radical (unpaired) electrons. The number of nitrogens with zero attached hydrogens (tertiary/aromatic N) is 1. The lowest BCUT2D eigenvalue weighted by molar-refractivity contribution is 0.0993. The largest absolute Gasteiger partial charge is 0.294 e. The van der Waals surface area contributed by atoms with Crippen LogP contribution in [0.25, 0.3) is 0 Å². The van der Waals surface area contributed by atoms with Crippen LogP contribution in [0.4, 0.5) is 0 Å². The van der Waals surface area contributed by atoms with Crippen LogP contribution in [0, 0.1) is 0 Å². The highest BCUT2D eigenvalue weighted by molar-refractivity contribution is 9.10. The van der Waals surface area contributed by atoms with Crippen molar-refractivity contribution in [2.24, 2.45) is 0 Å². The highest BCUT2D eigenvalue weighted by Gasteiger charge is 2.08. The zero-order chi connectivity index (χ0) is 12.3. The van der Waals surface area contributed by atoms with E-state index in [0.717, 1.165) is 10.0 Å². The molecule has 17 heavy (non-hydrogen) atoms. The number of hydrogen-bond donors (Lipinski definition) is 0. The monoisotopic (exact) mass is 309 g/mol. The van der Waals surface area contributed by atoms with E-state index in [1.165, 1.54) is 0 Å². The van der Waals surface area contributed by atoms with Crippen molar-refractivity contribution in [3.63, 3.8) is 0 Å². The maximum atomic E-state index is 12.0. The van der Waals surface area contributed by atoms with Gasteiger partial charge in [0, 0.05) is 33.9 Å². The van der Waals surface area contributed by atoms with Gasteiger partial charge in [0.15, 0.2) is 5.78 Å². The fourth-order valence-electron chi connectivity index (χ4n) is 1.50. The molecule has 0 fully saturated rings. The molecule has 2 nitrogen and oxygen atoms in total. The highest BCUT2D eigenvalue weighted by atomic mass is 79.9. The first-order valence-corrected chi connectivity index (χ1v) is 6.20. The molecule has 0 saturated carbocycles. The number of carbonyl (C=O) groups excluding carboxylic acids is 1. The van der Waals surface area contributed by atoms with E-state index in [0.29, 0.717) is 17.0 Å². The minimum Gasteiger partial charge on any atom is -0.294 e. The number of benzene rings is 1. The van der Waals surface area contributed by atoms with Crippen molar-refractivity contribution in [1.29, 1.82) is 0 Å². The van der Waals surface area contributed by atoms with E-state index in [4.69, 9.17) is 11.6 Å². The van der Waals surface area contributed by atoms with E-state index in [-0.39, 0.29) is 5.78 Å². The molecule has 0 amide bonds. The van der Waals surface area contributed by atoms with E-state index in [1.54, 1.807) is 30.6 Å². The van der Waals surface area contributed by atoms with Crippen LogP contribution in [-0.4, -0.2) is 10.8 Å². The molecule has 86 valence electrons. The second-order valence-corrected chi connectivity index (χ2v) is 4.97. The van der Waals surface area contributed by atoms with Gasteiger partial charge in [0.2, 0.25) is 0 Å². The fourth-order valence-corrected chi connectivity index (χ4v) is 2.36. The number of carbonyl (C=O) groups is 1. The van der Waals surface area contributed by atoms with Gasteiger partial charge in [-0.2, -0.15) is 0 Å². The summed E-state index contributed by atoms with van der Waals surface area (Å²) in [5.74, 6) is 0.0411. The third kappa shape index (κ3) is 3.38. The smallest absolute Gasteiger partial charge is 0.167 e. The molecule has 0 atom stereocenters. The summed E-state index contributed by atoms with van der Waals surface area (Å²) in [7, 11) is 0. The van der Waals surface area contributed by atoms with Crippen LogP contribution in [-0.2, 0) is 6.42 Å². The van der Waals surface area contributed by atoms with Gasteiger partial charge in [-0.15, -0.1) is 0 Å². The lowest BCUT2D eigenvalue weighted by Crippen LogP contribution is -2.03. The lowest BCUT2D eigenvalue weighted by atomic mass is 10.0. The molecule has 2 aromatic rings. The molecule has 2 rings (SSSR count). The van der Waals surface area contributed by atoms with Crippen LogP contribution in [0.5, 0.6) is 0 Å². The zero-order valence-electron chi connectivity index (χ0n) is 8.86. The van der Waals surface area contributed by atoms with Crippen LogP contribution in [0.3, 0.4) is 0 Å². The van der Waals surface area contributed by atoms with E-state index in [2.05, 4.69) is 20.9 Å². The molecule has 0 aliphatic heterocycles. The lowest BCUT2D eigenvalue weighted by Gasteiger charge is -2.03. The maximum absolute atomic E-state index is 12.0. The van der Waals surface area contributed by atoms with Gasteiger partial charge in [-0.1, -0.05) is 27.5 Å². The Balaban J connectivity index is 2.20. The first-order valence-electron chi connectivity index (χ1n) is 5.03. The predicted octanol–water partition coefficient (Wildman–Crippen LogP) is 3.92. The second kappa shape index (κ2) is 5.43. The number of Topliss-reactive ketones (excluding diaryl/α,β-unsaturated/α-hetero) is 1. The number of pyridine rings is 1. The summed E-state index contributed by atoms with van der Waals surface area (Å²) in [5, 5.41) is 0.553. The number of rotatable bonds is 3. The van der Waals surface area contributed by atoms with E-state index in [1.807, 2.05) is 12.1 Å². The van der Waals surface area contributed by atoms with Gasteiger partial charge in [-0.05, 0) is 35.9 Å². The van der Waals surface area contributed by atoms with Gasteiger partial charge >= 0.3 is 0 Å². The van der Waals surface area contributed by atoms with Crippen LogP contribution in [0.1, 0.15) is 15.9 Å². The number of hydrogen-bond acceptors (Lipinski definition) is 2. The predicted molar refractivity (Wildman–Crippen MR) is 71.4 cm³/mol. The summed E-state index contributed by atoms with van der Waals surface area (Å²) in [6.45, 7) is 0. The highest BCUT2D eigenvalue weighted by Crippen LogP contribution is 2.20. The Bertz CT molecular complexity index is 522. The minimum absolute atomic E-state index is 0.0411. The first-order chi connectivity index (χ1) is 8.15. The molecule has 0 aliphatic carbocycles. The van der Waals surface area contributed by atoms with Crippen molar-refractivity contribution >= 4 is 33.3 Å². The Hall–Kier alpha value is -1.19. The summed E-state index contributed by atoms with van der Waals surface area (Å²) in [6, 6.07) is 8.87. The average molecular weight is 311 g/mol. The summed E-state index contributed by atoms with van der Waals surface area (Å²) < 4.78 is 0.808. The molecule has 0 saturated heterocycles. The van der Waals surface area contributed by atoms with E-state index < -0.39 is 0 Å². The van der Waals surface area contributed by atoms with E-state index in [9.17, 15) is 4.79 Å². The summed E-state index contributed by atoms with van der Waals surface area (Å²) in [6.07, 6.45) is 3.71. The number of aromatic nitrogens is 1. The van der Waals surface area contributed by atoms with Gasteiger partial charge in [0.1, 0.15) is 0 Å². The molecule has 1 heterocycles. The number of ketones is 1. The fraction of sp³-hybridized carbons (Fsp3) is 0.0769. The van der Waals surface area contributed by atoms with Gasteiger partial charge in [0.05, 0.1) is 0 Å². The third-order valence-corrected chi connectivity index (χ3v) is 2.97. The van der Waals surface area contributed by atoms with Crippen LogP contribution >= 0.6 is 27.5 Å². The Morgan fingerprint density at radius 2 is 1.94 bits per heavy atom. The molecular weight excluding hydrogens is 302 g/mol. The van der Waals surface area contributed by atoms with Crippen molar-refractivity contribution in [3.8, 4) is 0 Å². The van der Waals surface area contributed by atoms with Gasteiger partial charge in [-0.3, -0.25) is 9.78 Å². The van der Waals surface area contributed by atoms with Crippen molar-refractivity contribution in [2.45, 2.75) is 6.42 Å². The first kappa shape index (κ1) is 12.3. The molecule has 0 N–H and O–H groups in total. The van der Waals surface area contributed by atoms with Crippen LogP contribution in [0.2, 0.25) is 5.02 Å². The van der Waals surface area contributed by atoms with Crippen molar-refractivity contribution < 1.29 is 4.79 Å². The van der Waals surface area contributed by atoms with Crippen molar-refractivity contribution in [1.82, 2.24) is 4.98 Å². The quantitative estimate of drug-likeness (QED) is 0.804. The summed E-state index contributed by atoms with van der Waals surface area (Å²) in [5.41, 5.74) is 1.56. The average Bonchev–Trinajstić information content (AvgIpc) is 2.29. The summed E-state index contributed by atoms with van der Waals surface area (Å²) in [4.78, 5) is 15.9. The third-order valence-electron chi connectivity index (χ3n) is 2.30. The SMILES string of the molecule is O=C(Cc1ccncc1)c1cc(Cl)cc(Br)c1. The maximum Gasteiger partial charge on any atom is 0.167 e. The Morgan fingerprint density at radius 1 is 1.24 bits per heavy atom. The van der Waals surface area contributed by atoms with Crippen LogP contribution in [0.15, 0.2) is 47.2 Å². The Labute approximate surface area is 113 Å². The topological polar surface area (TPSA) is 30.0 Å². The Morgan fingerprint density at radius 3 is 2.59 bits per heavy atom. The minimum atomic E-state index is 0.0411. The molecule has 0 aliphatic rings. The molecule has 0 spiro atoms. The molecular formula is C13H9BrClNO. The van der Waals surface area contributed by atoms with E-state index >= 15 is 0 Å². The van der Waals surface area contributed by atoms with Crippen molar-refractivity contribution in [3.05, 3.63) is 63.3 Å². The zero-order valence-corrected chi connectivity index (χ0v) is 11.2. The Kier molecular flexibility index (Phi) is 3.92. The molecule has 1 aromatic heterocycles. The molecule has 1 aromatic carbocycles. The van der Waals surface area contributed by atoms with Gasteiger partial charge in [-0.25, -0.2) is 0 Å². The second-order valence-electron chi connectivity index (χ2n) is 3.61. The molecule has 4 heteroatoms. The van der Waals surface area contributed by atoms with Crippen molar-refractivity contribution in [2.75, 3.05) is 0 Å². The van der Waals surface area contributed by atoms with Gasteiger partial charge < -0.3 is 0 Å². The number of halogens is 2. The van der Waals surface area contributed by atoms with Gasteiger partial charge in [0.25, 0.3) is 0 Å². The summed E-state index contributed by atoms with van der Waals surface area (Å²) >= 11 is 9.22. The normalized spacial score (nSPS) is 10.2. The standard InChI is InChI=1S/C13H9BrClNO/c14-11-6-10(7-12(15)8-11)13(17)5-9-1-3-16-4-2-9/h1-4,6-8H,5H2. The van der Waals surface area contributed by atoms with Crippen LogP contribution < -0.4 is 0 Å².